The molecular formula is C62H123N2O6P. The van der Waals surface area contributed by atoms with Crippen molar-refractivity contribution >= 4 is 13.7 Å². The van der Waals surface area contributed by atoms with Crippen LogP contribution in [0.4, 0.5) is 0 Å². The number of phosphoric acid groups is 1. The number of unbranched alkanes of at least 4 members (excludes halogenated alkanes) is 43. The summed E-state index contributed by atoms with van der Waals surface area (Å²) in [4.78, 5) is 25.5. The van der Waals surface area contributed by atoms with Gasteiger partial charge in [0.2, 0.25) is 5.91 Å². The van der Waals surface area contributed by atoms with Crippen molar-refractivity contribution in [2.75, 3.05) is 40.9 Å². The molecule has 71 heavy (non-hydrogen) atoms. The van der Waals surface area contributed by atoms with Gasteiger partial charge in [-0.2, -0.15) is 0 Å². The Hall–Kier alpha value is -1.02. The van der Waals surface area contributed by atoms with Crippen LogP contribution in [-0.4, -0.2) is 68.5 Å². The average molecular weight is 1020 g/mol. The Balaban J connectivity index is 4.06. The van der Waals surface area contributed by atoms with Gasteiger partial charge in [0, 0.05) is 6.42 Å². The Bertz CT molecular complexity index is 1210. The monoisotopic (exact) mass is 1020 g/mol. The van der Waals surface area contributed by atoms with E-state index in [1.165, 1.54) is 257 Å². The van der Waals surface area contributed by atoms with E-state index in [1.807, 2.05) is 27.2 Å². The number of hydrogen-bond acceptors (Lipinski definition) is 6. The zero-order chi connectivity index (χ0) is 52.0. The predicted molar refractivity (Wildman–Crippen MR) is 307 cm³/mol. The van der Waals surface area contributed by atoms with Crippen molar-refractivity contribution in [3.8, 4) is 0 Å². The van der Waals surface area contributed by atoms with Crippen LogP contribution in [0.15, 0.2) is 24.3 Å². The first-order valence-electron chi connectivity index (χ1n) is 31.2. The average Bonchev–Trinajstić information content (AvgIpc) is 3.33. The van der Waals surface area contributed by atoms with Crippen LogP contribution in [0.3, 0.4) is 0 Å². The lowest BCUT2D eigenvalue weighted by molar-refractivity contribution is -0.870. The minimum absolute atomic E-state index is 0.000181. The van der Waals surface area contributed by atoms with Gasteiger partial charge in [0.15, 0.2) is 0 Å². The highest BCUT2D eigenvalue weighted by Crippen LogP contribution is 2.38. The number of phosphoric ester groups is 1. The summed E-state index contributed by atoms with van der Waals surface area (Å²) in [5.74, 6) is -0.198. The summed E-state index contributed by atoms with van der Waals surface area (Å²) in [5, 5.41) is 13.9. The number of hydrogen-bond donors (Lipinski definition) is 2. The lowest BCUT2D eigenvalue weighted by Crippen LogP contribution is -2.45. The summed E-state index contributed by atoms with van der Waals surface area (Å²) in [6.45, 7) is 4.68. The quantitative estimate of drug-likeness (QED) is 0.0272. The number of nitrogens with one attached hydrogen (secondary N) is 1. The molecule has 0 bridgehead atoms. The lowest BCUT2D eigenvalue weighted by atomic mass is 10.0. The van der Waals surface area contributed by atoms with E-state index < -0.39 is 20.0 Å². The number of rotatable bonds is 58. The van der Waals surface area contributed by atoms with Crippen LogP contribution >= 0.6 is 7.82 Å². The number of aliphatic hydroxyl groups is 1. The normalized spacial score (nSPS) is 14.0. The molecule has 0 aliphatic heterocycles. The molecule has 0 saturated heterocycles. The molecule has 0 aromatic carbocycles. The van der Waals surface area contributed by atoms with E-state index in [4.69, 9.17) is 9.05 Å². The van der Waals surface area contributed by atoms with Gasteiger partial charge in [-0.05, 0) is 44.9 Å². The number of carbonyl (C=O) groups excluding carboxylic acids is 1. The largest absolute Gasteiger partial charge is 0.756 e. The molecular weight excluding hydrogens is 900 g/mol. The molecule has 2 N–H and O–H groups in total. The van der Waals surface area contributed by atoms with Crippen LogP contribution in [0, 0.1) is 0 Å². The van der Waals surface area contributed by atoms with Crippen LogP contribution in [0.25, 0.3) is 0 Å². The van der Waals surface area contributed by atoms with E-state index in [0.29, 0.717) is 17.4 Å². The van der Waals surface area contributed by atoms with Crippen molar-refractivity contribution in [2.24, 2.45) is 0 Å². The number of carbonyl (C=O) groups is 1. The van der Waals surface area contributed by atoms with E-state index in [1.54, 1.807) is 6.08 Å². The van der Waals surface area contributed by atoms with E-state index in [-0.39, 0.29) is 19.1 Å². The number of nitrogens with zero attached hydrogens (tertiary/aromatic N) is 1. The molecule has 9 heteroatoms. The number of aliphatic hydroxyl groups excluding tert-OH is 1. The fourth-order valence-electron chi connectivity index (χ4n) is 9.50. The first-order chi connectivity index (χ1) is 34.5. The van der Waals surface area contributed by atoms with Crippen LogP contribution in [0.2, 0.25) is 0 Å². The first kappa shape index (κ1) is 70.0. The molecule has 0 aliphatic rings. The summed E-state index contributed by atoms with van der Waals surface area (Å²) < 4.78 is 23.4. The molecule has 0 saturated carbocycles. The molecule has 0 spiro atoms. The fourth-order valence-corrected chi connectivity index (χ4v) is 10.2. The second-order valence-electron chi connectivity index (χ2n) is 22.8. The zero-order valence-corrected chi connectivity index (χ0v) is 49.1. The van der Waals surface area contributed by atoms with Crippen LogP contribution < -0.4 is 10.2 Å². The Morgan fingerprint density at radius 1 is 0.479 bits per heavy atom. The molecule has 1 amide bonds. The standard InChI is InChI=1S/C62H123N2O6P/c1-6-8-10-12-14-16-18-20-22-24-25-26-27-28-29-30-31-32-33-34-35-36-37-38-40-41-43-45-47-49-51-53-55-61(65)60(59-70-71(67,68)69-58-57-64(3,4)5)63-62(66)56-54-52-50-48-46-44-42-39-23-21-19-17-15-13-11-9-7-2/h21,23,53,55,60-61,65H,6-20,22,24-52,54,56-59H2,1-5H3,(H-,63,66,67,68)/b23-21-,55-53+. The van der Waals surface area contributed by atoms with Gasteiger partial charge in [0.25, 0.3) is 7.82 Å². The van der Waals surface area contributed by atoms with Gasteiger partial charge in [0.05, 0.1) is 39.9 Å². The number of amides is 1. The van der Waals surface area contributed by atoms with E-state index >= 15 is 0 Å². The highest BCUT2D eigenvalue weighted by Gasteiger charge is 2.23. The van der Waals surface area contributed by atoms with Gasteiger partial charge in [-0.3, -0.25) is 9.36 Å². The highest BCUT2D eigenvalue weighted by atomic mass is 31.2. The zero-order valence-electron chi connectivity index (χ0n) is 48.2. The number of allylic oxidation sites excluding steroid dienone is 3. The summed E-state index contributed by atoms with van der Waals surface area (Å²) in [6.07, 6.45) is 68.5. The smallest absolute Gasteiger partial charge is 0.268 e. The molecule has 3 atom stereocenters. The van der Waals surface area contributed by atoms with E-state index in [2.05, 4.69) is 31.3 Å². The maximum Gasteiger partial charge on any atom is 0.268 e. The third-order valence-corrected chi connectivity index (χ3v) is 15.4. The third-order valence-electron chi connectivity index (χ3n) is 14.4. The van der Waals surface area contributed by atoms with Crippen molar-refractivity contribution in [3.05, 3.63) is 24.3 Å². The summed E-state index contributed by atoms with van der Waals surface area (Å²) >= 11 is 0. The molecule has 0 radical (unpaired) electrons. The second kappa shape index (κ2) is 53.8. The van der Waals surface area contributed by atoms with Gasteiger partial charge in [0.1, 0.15) is 13.2 Å². The van der Waals surface area contributed by atoms with Crippen LogP contribution in [0.5, 0.6) is 0 Å². The topological polar surface area (TPSA) is 108 Å². The molecule has 0 aromatic heterocycles. The van der Waals surface area contributed by atoms with Gasteiger partial charge in [-0.25, -0.2) is 0 Å². The summed E-state index contributed by atoms with van der Waals surface area (Å²) in [6, 6.07) is -0.888. The molecule has 422 valence electrons. The Morgan fingerprint density at radius 3 is 1.10 bits per heavy atom. The van der Waals surface area contributed by atoms with Crippen LogP contribution in [0.1, 0.15) is 316 Å². The Kier molecular flexibility index (Phi) is 53.0. The molecule has 0 rings (SSSR count). The summed E-state index contributed by atoms with van der Waals surface area (Å²) in [5.41, 5.74) is 0. The van der Waals surface area contributed by atoms with Gasteiger partial charge >= 0.3 is 0 Å². The van der Waals surface area contributed by atoms with Crippen molar-refractivity contribution in [1.29, 1.82) is 0 Å². The lowest BCUT2D eigenvalue weighted by Gasteiger charge is -2.29. The summed E-state index contributed by atoms with van der Waals surface area (Å²) in [7, 11) is 1.27. The maximum absolute atomic E-state index is 13.0. The molecule has 0 fully saturated rings. The highest BCUT2D eigenvalue weighted by molar-refractivity contribution is 7.45. The van der Waals surface area contributed by atoms with E-state index in [0.717, 1.165) is 38.5 Å². The maximum atomic E-state index is 13.0. The number of quaternary nitrogens is 1. The van der Waals surface area contributed by atoms with Gasteiger partial charge in [-0.1, -0.05) is 289 Å². The Morgan fingerprint density at radius 2 is 0.775 bits per heavy atom. The second-order valence-corrected chi connectivity index (χ2v) is 24.2. The molecule has 0 aliphatic carbocycles. The SMILES string of the molecule is CCCCCCCC/C=C\CCCCCCCCCC(=O)NC(COP(=O)([O-])OCC[N+](C)(C)C)C(O)/C=C/CCCCCCCCCCCCCCCCCCCCCCCCCCCCCCCC. The minimum Gasteiger partial charge on any atom is -0.756 e. The molecule has 0 aromatic rings. The molecule has 3 unspecified atom stereocenters. The Labute approximate surface area is 443 Å². The van der Waals surface area contributed by atoms with Gasteiger partial charge in [-0.15, -0.1) is 0 Å². The van der Waals surface area contributed by atoms with Crippen molar-refractivity contribution in [3.63, 3.8) is 0 Å². The number of likely N-dealkylation sites (N-methyl/N-ethyl adjacent to an activating group) is 1. The van der Waals surface area contributed by atoms with Gasteiger partial charge < -0.3 is 28.8 Å². The van der Waals surface area contributed by atoms with Crippen LogP contribution in [-0.2, 0) is 18.4 Å². The predicted octanol–water partition coefficient (Wildman–Crippen LogP) is 18.5. The molecule has 8 nitrogen and oxygen atoms in total. The molecule has 0 heterocycles. The fraction of sp³-hybridized carbons (Fsp3) is 0.919. The van der Waals surface area contributed by atoms with Crippen molar-refractivity contribution in [2.45, 2.75) is 328 Å². The van der Waals surface area contributed by atoms with Crippen molar-refractivity contribution in [1.82, 2.24) is 5.32 Å². The van der Waals surface area contributed by atoms with Crippen molar-refractivity contribution < 1.29 is 32.9 Å². The first-order valence-corrected chi connectivity index (χ1v) is 32.7. The third kappa shape index (κ3) is 56.5. The van der Waals surface area contributed by atoms with E-state index in [9.17, 15) is 19.4 Å². The minimum atomic E-state index is -4.60.